The summed E-state index contributed by atoms with van der Waals surface area (Å²) >= 11 is 3.88. The number of carbonyl (C=O) groups is 1. The molecule has 0 aromatic heterocycles. The van der Waals surface area contributed by atoms with E-state index in [4.69, 9.17) is 4.74 Å². The van der Waals surface area contributed by atoms with E-state index in [1.807, 2.05) is 47.8 Å². The van der Waals surface area contributed by atoms with Crippen molar-refractivity contribution in [3.8, 4) is 5.75 Å². The summed E-state index contributed by atoms with van der Waals surface area (Å²) in [6.07, 6.45) is 0. The molecule has 0 radical (unpaired) electrons. The number of thiol groups is 1. The van der Waals surface area contributed by atoms with E-state index in [9.17, 15) is 4.79 Å². The van der Waals surface area contributed by atoms with Crippen LogP contribution in [-0.2, 0) is 4.79 Å². The number of carbonyl (C=O) groups excluding carboxylic acids is 1. The molecule has 0 unspecified atom stereocenters. The SMILES string of the molecule is O=C(CS)Oc1ccc2c(c1)[NH2+]C(c1ccccc1)=N2. The third kappa shape index (κ3) is 2.59. The van der Waals surface area contributed by atoms with Crippen molar-refractivity contribution in [1.29, 1.82) is 0 Å². The van der Waals surface area contributed by atoms with Crippen LogP contribution in [0.5, 0.6) is 5.75 Å². The van der Waals surface area contributed by atoms with Gasteiger partial charge in [0, 0.05) is 6.07 Å². The van der Waals surface area contributed by atoms with E-state index in [0.29, 0.717) is 5.75 Å². The van der Waals surface area contributed by atoms with Crippen LogP contribution in [0.2, 0.25) is 0 Å². The zero-order chi connectivity index (χ0) is 13.9. The van der Waals surface area contributed by atoms with E-state index < -0.39 is 0 Å². The van der Waals surface area contributed by atoms with Gasteiger partial charge in [0.15, 0.2) is 5.69 Å². The first-order valence-electron chi connectivity index (χ1n) is 6.21. The zero-order valence-corrected chi connectivity index (χ0v) is 11.5. The molecule has 0 fully saturated rings. The van der Waals surface area contributed by atoms with Crippen LogP contribution in [0.1, 0.15) is 5.56 Å². The second-order valence-electron chi connectivity index (χ2n) is 4.36. The molecule has 0 amide bonds. The first kappa shape index (κ1) is 12.9. The maximum atomic E-state index is 11.2. The Bertz CT molecular complexity index is 684. The molecule has 4 nitrogen and oxygen atoms in total. The summed E-state index contributed by atoms with van der Waals surface area (Å²) in [6, 6.07) is 15.4. The molecule has 2 N–H and O–H groups in total. The van der Waals surface area contributed by atoms with E-state index in [1.54, 1.807) is 6.07 Å². The van der Waals surface area contributed by atoms with Gasteiger partial charge in [0.25, 0.3) is 0 Å². The number of fused-ring (bicyclic) bond motifs is 1. The third-order valence-electron chi connectivity index (χ3n) is 2.96. The van der Waals surface area contributed by atoms with Crippen LogP contribution in [0.25, 0.3) is 0 Å². The highest BCUT2D eigenvalue weighted by atomic mass is 32.1. The van der Waals surface area contributed by atoms with Crippen molar-refractivity contribution in [2.45, 2.75) is 0 Å². The van der Waals surface area contributed by atoms with Crippen LogP contribution in [0, 0.1) is 0 Å². The fraction of sp³-hybridized carbons (Fsp3) is 0.0667. The number of amidine groups is 1. The minimum atomic E-state index is -0.365. The molecule has 0 bridgehead atoms. The van der Waals surface area contributed by atoms with E-state index in [0.717, 1.165) is 22.8 Å². The molecule has 2 aromatic rings. The van der Waals surface area contributed by atoms with Crippen LogP contribution in [-0.4, -0.2) is 17.6 Å². The Morgan fingerprint density at radius 1 is 1.20 bits per heavy atom. The lowest BCUT2D eigenvalue weighted by Crippen LogP contribution is -2.80. The maximum Gasteiger partial charge on any atom is 0.321 e. The van der Waals surface area contributed by atoms with Gasteiger partial charge in [-0.25, -0.2) is 0 Å². The second-order valence-corrected chi connectivity index (χ2v) is 4.68. The Kier molecular flexibility index (Phi) is 3.54. The zero-order valence-electron chi connectivity index (χ0n) is 10.6. The second kappa shape index (κ2) is 5.48. The van der Waals surface area contributed by atoms with Crippen molar-refractivity contribution < 1.29 is 14.8 Å². The first-order chi connectivity index (χ1) is 9.76. The molecule has 0 atom stereocenters. The predicted octanol–water partition coefficient (Wildman–Crippen LogP) is 1.81. The molecule has 20 heavy (non-hydrogen) atoms. The Labute approximate surface area is 121 Å². The minimum Gasteiger partial charge on any atom is -0.426 e. The molecule has 100 valence electrons. The van der Waals surface area contributed by atoms with Gasteiger partial charge in [-0.1, -0.05) is 18.2 Å². The number of nitrogens with two attached hydrogens (primary N) is 1. The Balaban J connectivity index is 1.83. The molecule has 3 rings (SSSR count). The summed E-state index contributed by atoms with van der Waals surface area (Å²) < 4.78 is 5.14. The number of quaternary nitrogens is 1. The van der Waals surface area contributed by atoms with Gasteiger partial charge < -0.3 is 4.74 Å². The topological polar surface area (TPSA) is 55.3 Å². The average Bonchev–Trinajstić information content (AvgIpc) is 2.91. The molecule has 1 aliphatic heterocycles. The van der Waals surface area contributed by atoms with Crippen LogP contribution in [0.3, 0.4) is 0 Å². The smallest absolute Gasteiger partial charge is 0.321 e. The molecule has 1 aliphatic rings. The van der Waals surface area contributed by atoms with Gasteiger partial charge in [0.1, 0.15) is 11.4 Å². The fourth-order valence-corrected chi connectivity index (χ4v) is 2.11. The van der Waals surface area contributed by atoms with E-state index in [1.165, 1.54) is 0 Å². The van der Waals surface area contributed by atoms with Gasteiger partial charge in [-0.05, 0) is 24.3 Å². The number of hydrogen-bond acceptors (Lipinski definition) is 4. The monoisotopic (exact) mass is 285 g/mol. The van der Waals surface area contributed by atoms with Crippen LogP contribution >= 0.6 is 12.6 Å². The number of esters is 1. The van der Waals surface area contributed by atoms with Gasteiger partial charge in [0.05, 0.1) is 11.3 Å². The predicted molar refractivity (Wildman–Crippen MR) is 80.2 cm³/mol. The Morgan fingerprint density at radius 3 is 2.75 bits per heavy atom. The summed E-state index contributed by atoms with van der Waals surface area (Å²) in [4.78, 5) is 15.8. The van der Waals surface area contributed by atoms with Gasteiger partial charge in [-0.2, -0.15) is 17.6 Å². The first-order valence-corrected chi connectivity index (χ1v) is 6.84. The maximum absolute atomic E-state index is 11.2. The standard InChI is InChI=1S/C15H12N2O2S/c18-14(9-20)19-11-6-7-12-13(8-11)17-15(16-12)10-4-2-1-3-5-10/h1-8,20H,9H2,(H,16,17)/p+1. The van der Waals surface area contributed by atoms with Gasteiger partial charge >= 0.3 is 5.97 Å². The molecule has 0 saturated heterocycles. The van der Waals surface area contributed by atoms with Gasteiger partial charge in [-0.3, -0.25) is 10.1 Å². The summed E-state index contributed by atoms with van der Waals surface area (Å²) in [5.41, 5.74) is 2.90. The van der Waals surface area contributed by atoms with Crippen LogP contribution in [0.15, 0.2) is 53.5 Å². The number of nitrogens with zero attached hydrogens (tertiary/aromatic N) is 1. The van der Waals surface area contributed by atoms with Crippen molar-refractivity contribution >= 4 is 35.8 Å². The van der Waals surface area contributed by atoms with Crippen molar-refractivity contribution in [3.63, 3.8) is 0 Å². The number of aliphatic imine (C=N–C) groups is 1. The van der Waals surface area contributed by atoms with E-state index in [2.05, 4.69) is 17.6 Å². The van der Waals surface area contributed by atoms with Gasteiger partial charge in [0.2, 0.25) is 5.84 Å². The molecular weight excluding hydrogens is 272 g/mol. The lowest BCUT2D eigenvalue weighted by molar-refractivity contribution is -0.437. The van der Waals surface area contributed by atoms with Crippen molar-refractivity contribution in [2.24, 2.45) is 4.99 Å². The fourth-order valence-electron chi connectivity index (χ4n) is 2.04. The summed E-state index contributed by atoms with van der Waals surface area (Å²) in [7, 11) is 0. The highest BCUT2D eigenvalue weighted by molar-refractivity contribution is 7.81. The number of ether oxygens (including phenoxy) is 1. The molecule has 5 heteroatoms. The van der Waals surface area contributed by atoms with E-state index >= 15 is 0 Å². The lowest BCUT2D eigenvalue weighted by Gasteiger charge is -2.02. The van der Waals surface area contributed by atoms with Crippen LogP contribution in [0.4, 0.5) is 11.4 Å². The summed E-state index contributed by atoms with van der Waals surface area (Å²) in [5, 5.41) is 1.99. The molecule has 0 aliphatic carbocycles. The molecule has 0 saturated carbocycles. The van der Waals surface area contributed by atoms with Gasteiger partial charge in [-0.15, -0.1) is 0 Å². The normalized spacial score (nSPS) is 12.8. The Morgan fingerprint density at radius 2 is 2.00 bits per heavy atom. The molecule has 2 aromatic carbocycles. The third-order valence-corrected chi connectivity index (χ3v) is 3.22. The summed E-state index contributed by atoms with van der Waals surface area (Å²) in [5.74, 6) is 1.13. The van der Waals surface area contributed by atoms with Crippen molar-refractivity contribution in [3.05, 3.63) is 54.1 Å². The summed E-state index contributed by atoms with van der Waals surface area (Å²) in [6.45, 7) is 0. The number of hydrogen-bond donors (Lipinski definition) is 2. The Hall–Kier alpha value is -2.11. The molecule has 1 heterocycles. The van der Waals surface area contributed by atoms with Crippen molar-refractivity contribution in [2.75, 3.05) is 5.75 Å². The molecular formula is C15H13N2O2S+. The largest absolute Gasteiger partial charge is 0.426 e. The average molecular weight is 285 g/mol. The lowest BCUT2D eigenvalue weighted by atomic mass is 10.2. The van der Waals surface area contributed by atoms with Crippen molar-refractivity contribution in [1.82, 2.24) is 0 Å². The quantitative estimate of drug-likeness (QED) is 0.391. The highest BCUT2D eigenvalue weighted by Crippen LogP contribution is 2.29. The molecule has 0 spiro atoms. The minimum absolute atomic E-state index is 0.0621. The van der Waals surface area contributed by atoms with E-state index in [-0.39, 0.29) is 11.7 Å². The van der Waals surface area contributed by atoms with Crippen LogP contribution < -0.4 is 10.1 Å². The number of rotatable bonds is 3. The number of benzene rings is 2. The highest BCUT2D eigenvalue weighted by Gasteiger charge is 2.21.